The molecule has 4 heteroatoms. The van der Waals surface area contributed by atoms with Crippen LogP contribution in [-0.4, -0.2) is 0 Å². The Hall–Kier alpha value is -1.06. The molecule has 0 aliphatic heterocycles. The van der Waals surface area contributed by atoms with E-state index < -0.39 is 28.8 Å². The molecule has 0 amide bonds. The highest BCUT2D eigenvalue weighted by molar-refractivity contribution is 5.22. The van der Waals surface area contributed by atoms with Crippen molar-refractivity contribution in [3.63, 3.8) is 0 Å². The van der Waals surface area contributed by atoms with Crippen LogP contribution in [0.15, 0.2) is 6.07 Å². The summed E-state index contributed by atoms with van der Waals surface area (Å²) in [6.07, 6.45) is -0.0770. The van der Waals surface area contributed by atoms with Gasteiger partial charge in [0.05, 0.1) is 0 Å². The van der Waals surface area contributed by atoms with E-state index in [2.05, 4.69) is 0 Å². The largest absolute Gasteiger partial charge is 0.204 e. The molecular weight excluding hydrogens is 172 g/mol. The van der Waals surface area contributed by atoms with Crippen molar-refractivity contribution in [3.8, 4) is 0 Å². The van der Waals surface area contributed by atoms with Gasteiger partial charge in [0.2, 0.25) is 0 Å². The van der Waals surface area contributed by atoms with Gasteiger partial charge in [-0.05, 0) is 6.42 Å². The lowest BCUT2D eigenvalue weighted by atomic mass is 10.1. The molecule has 1 aromatic rings. The lowest BCUT2D eigenvalue weighted by Gasteiger charge is -2.02. The fourth-order valence-electron chi connectivity index (χ4n) is 0.933. The van der Waals surface area contributed by atoms with Crippen molar-refractivity contribution in [2.24, 2.45) is 0 Å². The first-order valence-corrected chi connectivity index (χ1v) is 3.39. The van der Waals surface area contributed by atoms with Crippen LogP contribution in [0.4, 0.5) is 17.6 Å². The van der Waals surface area contributed by atoms with E-state index in [0.29, 0.717) is 0 Å². The monoisotopic (exact) mass is 178 g/mol. The van der Waals surface area contributed by atoms with Crippen LogP contribution in [0.2, 0.25) is 0 Å². The van der Waals surface area contributed by atoms with Crippen molar-refractivity contribution < 1.29 is 17.6 Å². The molecule has 0 radical (unpaired) electrons. The molecule has 0 bridgehead atoms. The fraction of sp³-hybridized carbons (Fsp3) is 0.250. The van der Waals surface area contributed by atoms with E-state index in [1.54, 1.807) is 0 Å². The zero-order valence-corrected chi connectivity index (χ0v) is 6.30. The minimum atomic E-state index is -1.36. The molecule has 0 aromatic heterocycles. The number of rotatable bonds is 1. The number of hydrogen-bond donors (Lipinski definition) is 0. The molecule has 0 fully saturated rings. The molecule has 0 unspecified atom stereocenters. The Morgan fingerprint density at radius 3 is 1.75 bits per heavy atom. The van der Waals surface area contributed by atoms with Crippen molar-refractivity contribution in [1.29, 1.82) is 0 Å². The summed E-state index contributed by atoms with van der Waals surface area (Å²) >= 11 is 0. The van der Waals surface area contributed by atoms with Crippen LogP contribution in [-0.2, 0) is 6.42 Å². The molecule has 0 atom stereocenters. The molecule has 0 aliphatic carbocycles. The summed E-state index contributed by atoms with van der Waals surface area (Å²) in [5.41, 5.74) is -0.549. The lowest BCUT2D eigenvalue weighted by molar-refractivity contribution is 0.440. The second kappa shape index (κ2) is 3.13. The van der Waals surface area contributed by atoms with Crippen LogP contribution in [0.25, 0.3) is 0 Å². The maximum atomic E-state index is 12.7. The Morgan fingerprint density at radius 2 is 1.42 bits per heavy atom. The zero-order chi connectivity index (χ0) is 9.30. The van der Waals surface area contributed by atoms with Crippen molar-refractivity contribution >= 4 is 0 Å². The summed E-state index contributed by atoms with van der Waals surface area (Å²) in [4.78, 5) is 0. The zero-order valence-electron chi connectivity index (χ0n) is 6.30. The molecule has 0 N–H and O–H groups in total. The molecule has 0 aliphatic rings. The Bertz CT molecular complexity index is 280. The molecule has 1 rings (SSSR count). The average Bonchev–Trinajstić information content (AvgIpc) is 2.02. The van der Waals surface area contributed by atoms with Crippen LogP contribution < -0.4 is 0 Å². The first-order valence-electron chi connectivity index (χ1n) is 3.39. The van der Waals surface area contributed by atoms with E-state index >= 15 is 0 Å². The smallest absolute Gasteiger partial charge is 0.165 e. The highest BCUT2D eigenvalue weighted by Gasteiger charge is 2.16. The normalized spacial score (nSPS) is 10.4. The molecule has 0 nitrogen and oxygen atoms in total. The molecule has 12 heavy (non-hydrogen) atoms. The van der Waals surface area contributed by atoms with Crippen molar-refractivity contribution in [2.45, 2.75) is 13.3 Å². The second-order valence-electron chi connectivity index (χ2n) is 2.30. The minimum absolute atomic E-state index is 0.0770. The molecule has 0 heterocycles. The van der Waals surface area contributed by atoms with E-state index in [1.165, 1.54) is 6.92 Å². The van der Waals surface area contributed by atoms with Crippen molar-refractivity contribution in [1.82, 2.24) is 0 Å². The Kier molecular flexibility index (Phi) is 2.35. The molecule has 66 valence electrons. The maximum Gasteiger partial charge on any atom is 0.165 e. The Balaban J connectivity index is 3.42. The van der Waals surface area contributed by atoms with Gasteiger partial charge in [-0.3, -0.25) is 0 Å². The third kappa shape index (κ3) is 1.29. The van der Waals surface area contributed by atoms with E-state index in [0.717, 1.165) is 0 Å². The number of hydrogen-bond acceptors (Lipinski definition) is 0. The quantitative estimate of drug-likeness (QED) is 0.458. The van der Waals surface area contributed by atoms with E-state index in [4.69, 9.17) is 0 Å². The molecule has 0 saturated heterocycles. The van der Waals surface area contributed by atoms with Crippen molar-refractivity contribution in [2.75, 3.05) is 0 Å². The number of halogens is 4. The Morgan fingerprint density at radius 1 is 1.00 bits per heavy atom. The van der Waals surface area contributed by atoms with Gasteiger partial charge >= 0.3 is 0 Å². The number of benzene rings is 1. The fourth-order valence-corrected chi connectivity index (χ4v) is 0.933. The van der Waals surface area contributed by atoms with Crippen LogP contribution in [0.3, 0.4) is 0 Å². The summed E-state index contributed by atoms with van der Waals surface area (Å²) in [7, 11) is 0. The van der Waals surface area contributed by atoms with E-state index in [1.807, 2.05) is 0 Å². The lowest BCUT2D eigenvalue weighted by Crippen LogP contribution is -2.00. The summed E-state index contributed by atoms with van der Waals surface area (Å²) in [5, 5.41) is 0. The third-order valence-electron chi connectivity index (χ3n) is 1.56. The standard InChI is InChI=1S/C8H6F4/c1-2-4-7(11)5(9)3-6(10)8(4)12/h3H,2H2,1H3. The highest BCUT2D eigenvalue weighted by atomic mass is 19.2. The highest BCUT2D eigenvalue weighted by Crippen LogP contribution is 2.19. The molecular formula is C8H6F4. The van der Waals surface area contributed by atoms with Gasteiger partial charge in [-0.15, -0.1) is 0 Å². The van der Waals surface area contributed by atoms with Gasteiger partial charge in [0, 0.05) is 11.6 Å². The average molecular weight is 178 g/mol. The predicted octanol–water partition coefficient (Wildman–Crippen LogP) is 2.81. The van der Waals surface area contributed by atoms with Gasteiger partial charge in [-0.1, -0.05) is 6.92 Å². The molecule has 0 spiro atoms. The van der Waals surface area contributed by atoms with Crippen molar-refractivity contribution in [3.05, 3.63) is 34.9 Å². The van der Waals surface area contributed by atoms with E-state index in [-0.39, 0.29) is 12.5 Å². The molecule has 1 aromatic carbocycles. The van der Waals surface area contributed by atoms with Gasteiger partial charge in [0.1, 0.15) is 0 Å². The SMILES string of the molecule is CCc1c(F)c(F)cc(F)c1F. The van der Waals surface area contributed by atoms with Gasteiger partial charge < -0.3 is 0 Å². The Labute approximate surface area is 66.8 Å². The van der Waals surface area contributed by atoms with Crippen LogP contribution in [0.5, 0.6) is 0 Å². The van der Waals surface area contributed by atoms with Crippen LogP contribution >= 0.6 is 0 Å². The maximum absolute atomic E-state index is 12.7. The molecule has 0 saturated carbocycles. The second-order valence-corrected chi connectivity index (χ2v) is 2.30. The summed E-state index contributed by atoms with van der Waals surface area (Å²) in [6.45, 7) is 1.42. The minimum Gasteiger partial charge on any atom is -0.204 e. The predicted molar refractivity (Wildman–Crippen MR) is 35.7 cm³/mol. The topological polar surface area (TPSA) is 0 Å². The van der Waals surface area contributed by atoms with Gasteiger partial charge in [0.15, 0.2) is 23.3 Å². The summed E-state index contributed by atoms with van der Waals surface area (Å²) in [5.74, 6) is -5.33. The van der Waals surface area contributed by atoms with E-state index in [9.17, 15) is 17.6 Å². The van der Waals surface area contributed by atoms with Gasteiger partial charge in [-0.25, -0.2) is 17.6 Å². The summed E-state index contributed by atoms with van der Waals surface area (Å²) < 4.78 is 50.2. The van der Waals surface area contributed by atoms with Gasteiger partial charge in [-0.2, -0.15) is 0 Å². The third-order valence-corrected chi connectivity index (χ3v) is 1.56. The first-order chi connectivity index (χ1) is 5.57. The summed E-state index contributed by atoms with van der Waals surface area (Å²) in [6, 6.07) is 0.198. The van der Waals surface area contributed by atoms with Crippen LogP contribution in [0.1, 0.15) is 12.5 Å². The van der Waals surface area contributed by atoms with Crippen LogP contribution in [0, 0.1) is 23.3 Å². The first kappa shape index (κ1) is 9.03. The van der Waals surface area contributed by atoms with Gasteiger partial charge in [0.25, 0.3) is 0 Å².